The van der Waals surface area contributed by atoms with Crippen LogP contribution in [0.15, 0.2) is 41.3 Å². The highest BCUT2D eigenvalue weighted by atomic mass is 35.5. The molecule has 36 heavy (non-hydrogen) atoms. The molecule has 0 spiro atoms. The first-order valence-corrected chi connectivity index (χ1v) is 12.9. The molecule has 0 radical (unpaired) electrons. The summed E-state index contributed by atoms with van der Waals surface area (Å²) in [4.78, 5) is 44.1. The van der Waals surface area contributed by atoms with Crippen molar-refractivity contribution in [1.29, 1.82) is 0 Å². The highest BCUT2D eigenvalue weighted by Gasteiger charge is 2.31. The number of hydrogen-bond acceptors (Lipinski definition) is 6. The van der Waals surface area contributed by atoms with E-state index in [1.807, 2.05) is 21.6 Å². The van der Waals surface area contributed by atoms with Crippen molar-refractivity contribution in [3.05, 3.63) is 51.9 Å². The molecule has 0 amide bonds. The second kappa shape index (κ2) is 11.7. The average molecular weight is 514 g/mol. The van der Waals surface area contributed by atoms with E-state index in [1.165, 1.54) is 0 Å². The Balaban J connectivity index is 1.75. The van der Waals surface area contributed by atoms with Gasteiger partial charge in [-0.3, -0.25) is 23.4 Å². The number of fused-ring (bicyclic) bond motifs is 1. The minimum Gasteiger partial charge on any atom is -0.481 e. The number of unbranched alkanes of at least 4 members (excludes halogenated alkanes) is 2. The maximum Gasteiger partial charge on any atom is 0.303 e. The standard InChI is InChI=1S/C26H32ClN5O4/c1-2-3-4-13-31-23(30-14-12-28-16-21(30)22(33)6-5-7-25(35)36)15-24(34)32-17-20(29-26(31)32)18-8-10-19(27)11-9-18/h8-11,15,17,21,28H,2-7,12-14,16H2,1H3,(H,35,36)/t21-/m0/s1. The van der Waals surface area contributed by atoms with Gasteiger partial charge in [0, 0.05) is 61.9 Å². The van der Waals surface area contributed by atoms with Crippen LogP contribution in [0.1, 0.15) is 45.4 Å². The number of rotatable bonds is 11. The van der Waals surface area contributed by atoms with Gasteiger partial charge in [0.15, 0.2) is 5.78 Å². The van der Waals surface area contributed by atoms with Gasteiger partial charge in [-0.1, -0.05) is 43.5 Å². The number of hydrogen-bond donors (Lipinski definition) is 2. The van der Waals surface area contributed by atoms with Gasteiger partial charge >= 0.3 is 5.97 Å². The van der Waals surface area contributed by atoms with E-state index in [2.05, 4.69) is 12.2 Å². The van der Waals surface area contributed by atoms with Gasteiger partial charge in [0.05, 0.1) is 5.69 Å². The molecular weight excluding hydrogens is 482 g/mol. The van der Waals surface area contributed by atoms with Crippen LogP contribution >= 0.6 is 11.6 Å². The first kappa shape index (κ1) is 25.9. The Hall–Kier alpha value is -3.17. The monoisotopic (exact) mass is 513 g/mol. The molecule has 1 aromatic carbocycles. The number of anilines is 1. The Bertz CT molecular complexity index is 1280. The number of carboxylic acids is 1. The number of carboxylic acid groups (broad SMARTS) is 1. The molecule has 2 N–H and O–H groups in total. The van der Waals surface area contributed by atoms with E-state index in [-0.39, 0.29) is 24.2 Å². The number of carbonyl (C=O) groups excluding carboxylic acids is 1. The molecule has 0 aliphatic carbocycles. The summed E-state index contributed by atoms with van der Waals surface area (Å²) in [6.45, 7) is 4.48. The lowest BCUT2D eigenvalue weighted by molar-refractivity contribution is -0.137. The summed E-state index contributed by atoms with van der Waals surface area (Å²) in [5.74, 6) is 0.276. The van der Waals surface area contributed by atoms with Crippen molar-refractivity contribution in [2.75, 3.05) is 24.5 Å². The fraction of sp³-hybridized carbons (Fsp3) is 0.462. The first-order valence-electron chi connectivity index (χ1n) is 12.5. The fourth-order valence-electron chi connectivity index (χ4n) is 4.66. The molecule has 2 aromatic heterocycles. The third kappa shape index (κ3) is 5.79. The molecule has 1 saturated heterocycles. The molecule has 192 valence electrons. The normalized spacial score (nSPS) is 15.9. The molecule has 0 bridgehead atoms. The molecule has 0 saturated carbocycles. The highest BCUT2D eigenvalue weighted by molar-refractivity contribution is 6.30. The Morgan fingerprint density at radius 1 is 1.17 bits per heavy atom. The van der Waals surface area contributed by atoms with Gasteiger partial charge in [0.2, 0.25) is 5.78 Å². The molecule has 3 heterocycles. The summed E-state index contributed by atoms with van der Waals surface area (Å²) in [5.41, 5.74) is 1.32. The zero-order valence-electron chi connectivity index (χ0n) is 20.5. The number of nitrogens with one attached hydrogen (secondary N) is 1. The Labute approximate surface area is 214 Å². The second-order valence-corrected chi connectivity index (χ2v) is 9.57. The number of Topliss-reactive ketones (excluding diaryl/α,β-unsaturated/α-hetero) is 1. The smallest absolute Gasteiger partial charge is 0.303 e. The van der Waals surface area contributed by atoms with Crippen molar-refractivity contribution in [1.82, 2.24) is 19.3 Å². The van der Waals surface area contributed by atoms with Crippen LogP contribution in [-0.2, 0) is 16.1 Å². The number of nitrogens with zero attached hydrogens (tertiary/aromatic N) is 4. The van der Waals surface area contributed by atoms with Crippen LogP contribution < -0.4 is 15.8 Å². The number of imidazole rings is 1. The molecule has 3 aromatic rings. The molecule has 1 atom stereocenters. The molecule has 1 aliphatic rings. The van der Waals surface area contributed by atoms with Gasteiger partial charge in [-0.15, -0.1) is 0 Å². The Morgan fingerprint density at radius 2 is 1.94 bits per heavy atom. The summed E-state index contributed by atoms with van der Waals surface area (Å²) in [7, 11) is 0. The third-order valence-electron chi connectivity index (χ3n) is 6.54. The van der Waals surface area contributed by atoms with Gasteiger partial charge in [-0.05, 0) is 25.0 Å². The predicted octanol–water partition coefficient (Wildman–Crippen LogP) is 3.61. The molecular formula is C26H32ClN5O4. The lowest BCUT2D eigenvalue weighted by Gasteiger charge is -2.38. The number of aryl methyl sites for hydroxylation is 1. The average Bonchev–Trinajstić information content (AvgIpc) is 3.32. The van der Waals surface area contributed by atoms with E-state index in [4.69, 9.17) is 21.7 Å². The number of piperazine rings is 1. The van der Waals surface area contributed by atoms with Crippen LogP contribution in [0.2, 0.25) is 5.02 Å². The number of ketones is 1. The summed E-state index contributed by atoms with van der Waals surface area (Å²) in [6, 6.07) is 8.45. The van der Waals surface area contributed by atoms with Crippen LogP contribution in [0.25, 0.3) is 17.0 Å². The predicted molar refractivity (Wildman–Crippen MR) is 140 cm³/mol. The molecule has 1 aliphatic heterocycles. The van der Waals surface area contributed by atoms with Crippen molar-refractivity contribution >= 4 is 34.9 Å². The van der Waals surface area contributed by atoms with E-state index >= 15 is 0 Å². The van der Waals surface area contributed by atoms with Crippen LogP contribution in [-0.4, -0.2) is 56.5 Å². The Morgan fingerprint density at radius 3 is 2.67 bits per heavy atom. The number of aliphatic carboxylic acids is 1. The summed E-state index contributed by atoms with van der Waals surface area (Å²) in [6.07, 6.45) is 5.17. The maximum atomic E-state index is 13.2. The molecule has 0 unspecified atom stereocenters. The summed E-state index contributed by atoms with van der Waals surface area (Å²) >= 11 is 6.05. The SMILES string of the molecule is CCCCCn1c(N2CCNC[C@H]2C(=O)CCCC(=O)O)cc(=O)n2cc(-c3ccc(Cl)cc3)nc12. The van der Waals surface area contributed by atoms with Gasteiger partial charge < -0.3 is 15.3 Å². The van der Waals surface area contributed by atoms with Crippen molar-refractivity contribution in [2.24, 2.45) is 0 Å². The molecule has 1 fully saturated rings. The summed E-state index contributed by atoms with van der Waals surface area (Å²) in [5, 5.41) is 12.8. The lowest BCUT2D eigenvalue weighted by Crippen LogP contribution is -2.56. The van der Waals surface area contributed by atoms with E-state index in [0.717, 1.165) is 24.8 Å². The van der Waals surface area contributed by atoms with Crippen molar-refractivity contribution in [3.63, 3.8) is 0 Å². The highest BCUT2D eigenvalue weighted by Crippen LogP contribution is 2.25. The quantitative estimate of drug-likeness (QED) is 0.377. The first-order chi connectivity index (χ1) is 17.4. The van der Waals surface area contributed by atoms with Crippen LogP contribution in [0, 0.1) is 0 Å². The van der Waals surface area contributed by atoms with Crippen LogP contribution in [0.4, 0.5) is 5.82 Å². The van der Waals surface area contributed by atoms with Gasteiger partial charge in [0.1, 0.15) is 11.9 Å². The number of benzene rings is 1. The molecule has 10 heteroatoms. The van der Waals surface area contributed by atoms with Crippen molar-refractivity contribution < 1.29 is 14.7 Å². The van der Waals surface area contributed by atoms with Gasteiger partial charge in [0.25, 0.3) is 5.56 Å². The van der Waals surface area contributed by atoms with Crippen molar-refractivity contribution in [2.45, 2.75) is 58.0 Å². The Kier molecular flexibility index (Phi) is 8.43. The zero-order valence-corrected chi connectivity index (χ0v) is 21.2. The van der Waals surface area contributed by atoms with Gasteiger partial charge in [-0.2, -0.15) is 0 Å². The topological polar surface area (TPSA) is 109 Å². The number of halogens is 1. The van der Waals surface area contributed by atoms with E-state index in [9.17, 15) is 14.4 Å². The van der Waals surface area contributed by atoms with E-state index in [1.54, 1.807) is 28.8 Å². The van der Waals surface area contributed by atoms with Gasteiger partial charge in [-0.25, -0.2) is 4.98 Å². The number of carbonyl (C=O) groups is 2. The fourth-order valence-corrected chi connectivity index (χ4v) is 4.79. The summed E-state index contributed by atoms with van der Waals surface area (Å²) < 4.78 is 3.60. The molecule has 4 rings (SSSR count). The van der Waals surface area contributed by atoms with E-state index in [0.29, 0.717) is 54.9 Å². The minimum atomic E-state index is -0.910. The third-order valence-corrected chi connectivity index (χ3v) is 6.80. The largest absolute Gasteiger partial charge is 0.481 e. The minimum absolute atomic E-state index is 0.0268. The van der Waals surface area contributed by atoms with Crippen molar-refractivity contribution in [3.8, 4) is 11.3 Å². The molecule has 9 nitrogen and oxygen atoms in total. The van der Waals surface area contributed by atoms with Crippen LogP contribution in [0.3, 0.4) is 0 Å². The van der Waals surface area contributed by atoms with Crippen LogP contribution in [0.5, 0.6) is 0 Å². The zero-order chi connectivity index (χ0) is 25.7. The van der Waals surface area contributed by atoms with E-state index < -0.39 is 12.0 Å². The maximum absolute atomic E-state index is 13.2. The number of aromatic nitrogens is 3. The lowest BCUT2D eigenvalue weighted by atomic mass is 10.0. The second-order valence-electron chi connectivity index (χ2n) is 9.13.